The Kier molecular flexibility index (Phi) is 6.45. The number of carbonyl (C=O) groups excluding carboxylic acids is 3. The predicted octanol–water partition coefficient (Wildman–Crippen LogP) is 2.69. The molecule has 0 unspecified atom stereocenters. The summed E-state index contributed by atoms with van der Waals surface area (Å²) in [5, 5.41) is 6.60. The molecule has 10 nitrogen and oxygen atoms in total. The number of nitrogens with one attached hydrogen (secondary N) is 1. The van der Waals surface area contributed by atoms with E-state index in [-0.39, 0.29) is 23.0 Å². The van der Waals surface area contributed by atoms with Crippen LogP contribution in [0, 0.1) is 5.92 Å². The smallest absolute Gasteiger partial charge is 0.371 e. The van der Waals surface area contributed by atoms with Gasteiger partial charge in [0.1, 0.15) is 0 Å². The maximum absolute atomic E-state index is 13.7. The molecule has 3 aliphatic heterocycles. The number of hydrogen-bond acceptors (Lipinski definition) is 6. The minimum Gasteiger partial charge on any atom is -0.371 e. The van der Waals surface area contributed by atoms with E-state index < -0.39 is 24.3 Å². The monoisotopic (exact) mass is 464 g/mol. The SMILES string of the molecule is CCCNC(=O)N(c1ccc2c(C(=O)OC(N)=O)nn(C(F)F)c2c1)[C@@H]1CN2CCC1CC2. The number of anilines is 1. The number of fused-ring (bicyclic) bond motifs is 4. The van der Waals surface area contributed by atoms with E-state index in [4.69, 9.17) is 5.73 Å². The molecular formula is C21H26F2N6O4. The number of urea groups is 1. The summed E-state index contributed by atoms with van der Waals surface area (Å²) in [6.07, 6.45) is 1.31. The number of carbonyl (C=O) groups is 3. The first-order chi connectivity index (χ1) is 15.8. The van der Waals surface area contributed by atoms with E-state index >= 15 is 0 Å². The molecule has 3 saturated heterocycles. The number of nitrogens with two attached hydrogens (primary N) is 1. The Morgan fingerprint density at radius 2 is 2.03 bits per heavy atom. The van der Waals surface area contributed by atoms with Gasteiger partial charge in [-0.2, -0.15) is 13.9 Å². The third kappa shape index (κ3) is 4.47. The zero-order valence-electron chi connectivity index (χ0n) is 18.2. The van der Waals surface area contributed by atoms with Gasteiger partial charge in [0.15, 0.2) is 5.69 Å². The second-order valence-corrected chi connectivity index (χ2v) is 8.29. The van der Waals surface area contributed by atoms with Crippen molar-refractivity contribution in [2.24, 2.45) is 11.7 Å². The van der Waals surface area contributed by atoms with Crippen molar-refractivity contribution in [3.05, 3.63) is 23.9 Å². The zero-order valence-corrected chi connectivity index (χ0v) is 18.2. The van der Waals surface area contributed by atoms with E-state index in [9.17, 15) is 23.2 Å². The molecule has 0 spiro atoms. The molecule has 3 aliphatic rings. The molecule has 33 heavy (non-hydrogen) atoms. The highest BCUT2D eigenvalue weighted by Crippen LogP contribution is 2.35. The second kappa shape index (κ2) is 9.30. The maximum Gasteiger partial charge on any atom is 0.412 e. The van der Waals surface area contributed by atoms with Crippen molar-refractivity contribution < 1.29 is 27.9 Å². The molecule has 0 radical (unpaired) electrons. The van der Waals surface area contributed by atoms with Crippen LogP contribution in [0.25, 0.3) is 10.9 Å². The highest BCUT2D eigenvalue weighted by Gasteiger charge is 2.40. The van der Waals surface area contributed by atoms with E-state index in [1.54, 1.807) is 11.0 Å². The first-order valence-electron chi connectivity index (χ1n) is 10.9. The van der Waals surface area contributed by atoms with Crippen molar-refractivity contribution in [2.45, 2.75) is 38.8 Å². The van der Waals surface area contributed by atoms with Crippen molar-refractivity contribution in [3.63, 3.8) is 0 Å². The van der Waals surface area contributed by atoms with Crippen LogP contribution in [0.2, 0.25) is 0 Å². The fourth-order valence-corrected chi connectivity index (χ4v) is 4.72. The number of piperidine rings is 3. The van der Waals surface area contributed by atoms with Gasteiger partial charge in [0.2, 0.25) is 0 Å². The van der Waals surface area contributed by atoms with E-state index in [1.165, 1.54) is 12.1 Å². The normalized spacial score (nSPS) is 21.9. The minimum absolute atomic E-state index is 0.0616. The van der Waals surface area contributed by atoms with E-state index in [0.717, 1.165) is 32.4 Å². The van der Waals surface area contributed by atoms with Gasteiger partial charge >= 0.3 is 24.6 Å². The Bertz CT molecular complexity index is 1070. The van der Waals surface area contributed by atoms with Gasteiger partial charge in [-0.25, -0.2) is 19.1 Å². The summed E-state index contributed by atoms with van der Waals surface area (Å²) in [5.74, 6) is -0.922. The summed E-state index contributed by atoms with van der Waals surface area (Å²) in [7, 11) is 0. The van der Waals surface area contributed by atoms with Crippen molar-refractivity contribution in [3.8, 4) is 0 Å². The van der Waals surface area contributed by atoms with E-state index in [2.05, 4.69) is 20.1 Å². The molecule has 5 rings (SSSR count). The summed E-state index contributed by atoms with van der Waals surface area (Å²) < 4.78 is 32.2. The molecule has 3 amide bonds. The Hall–Kier alpha value is -3.28. The van der Waals surface area contributed by atoms with Crippen LogP contribution in [0.4, 0.5) is 24.1 Å². The first-order valence-corrected chi connectivity index (χ1v) is 10.9. The van der Waals surface area contributed by atoms with Crippen molar-refractivity contribution in [2.75, 3.05) is 31.1 Å². The van der Waals surface area contributed by atoms with Crippen LogP contribution in [0.15, 0.2) is 18.2 Å². The topological polar surface area (TPSA) is 123 Å². The Labute approximate surface area is 188 Å². The number of benzene rings is 1. The van der Waals surface area contributed by atoms with Crippen LogP contribution < -0.4 is 16.0 Å². The number of nitrogens with zero attached hydrogens (tertiary/aromatic N) is 4. The van der Waals surface area contributed by atoms with Crippen LogP contribution >= 0.6 is 0 Å². The lowest BCUT2D eigenvalue weighted by Gasteiger charge is -2.48. The van der Waals surface area contributed by atoms with Gasteiger partial charge in [0.05, 0.1) is 11.6 Å². The Balaban J connectivity index is 1.77. The van der Waals surface area contributed by atoms with E-state index in [0.29, 0.717) is 29.4 Å². The van der Waals surface area contributed by atoms with Gasteiger partial charge in [-0.05, 0) is 56.5 Å². The minimum atomic E-state index is -3.06. The molecular weight excluding hydrogens is 438 g/mol. The molecule has 178 valence electrons. The number of amides is 3. The van der Waals surface area contributed by atoms with Crippen molar-refractivity contribution in [1.82, 2.24) is 20.0 Å². The lowest BCUT2D eigenvalue weighted by molar-refractivity contribution is 0.0568. The Morgan fingerprint density at radius 1 is 1.30 bits per heavy atom. The highest BCUT2D eigenvalue weighted by molar-refractivity contribution is 6.06. The molecule has 4 heterocycles. The highest BCUT2D eigenvalue weighted by atomic mass is 19.3. The Morgan fingerprint density at radius 3 is 2.61 bits per heavy atom. The predicted molar refractivity (Wildman–Crippen MR) is 115 cm³/mol. The fourth-order valence-electron chi connectivity index (χ4n) is 4.72. The summed E-state index contributed by atoms with van der Waals surface area (Å²) in [6, 6.07) is 4.02. The van der Waals surface area contributed by atoms with Gasteiger partial charge in [0.25, 0.3) is 0 Å². The molecule has 0 saturated carbocycles. The molecule has 0 aliphatic carbocycles. The van der Waals surface area contributed by atoms with Crippen LogP contribution in [-0.4, -0.2) is 65.0 Å². The third-order valence-corrected chi connectivity index (χ3v) is 6.24. The molecule has 1 atom stereocenters. The second-order valence-electron chi connectivity index (χ2n) is 8.29. The van der Waals surface area contributed by atoms with E-state index in [1.807, 2.05) is 6.92 Å². The summed E-state index contributed by atoms with van der Waals surface area (Å²) in [6.45, 7) is 2.03. The quantitative estimate of drug-likeness (QED) is 0.501. The van der Waals surface area contributed by atoms with Crippen molar-refractivity contribution in [1.29, 1.82) is 0 Å². The largest absolute Gasteiger partial charge is 0.412 e. The van der Waals surface area contributed by atoms with Gasteiger partial charge < -0.3 is 20.7 Å². The molecule has 2 aromatic rings. The number of aromatic nitrogens is 2. The zero-order chi connectivity index (χ0) is 23.7. The molecule has 1 aromatic heterocycles. The molecule has 3 fully saturated rings. The molecule has 1 aromatic carbocycles. The molecule has 3 N–H and O–H groups in total. The number of primary amides is 1. The third-order valence-electron chi connectivity index (χ3n) is 6.24. The summed E-state index contributed by atoms with van der Waals surface area (Å²) in [5.41, 5.74) is 4.77. The van der Waals surface area contributed by atoms with Crippen LogP contribution in [-0.2, 0) is 4.74 Å². The van der Waals surface area contributed by atoms with Crippen molar-refractivity contribution >= 4 is 34.7 Å². The van der Waals surface area contributed by atoms with Crippen LogP contribution in [0.5, 0.6) is 0 Å². The van der Waals surface area contributed by atoms with Gasteiger partial charge in [-0.15, -0.1) is 0 Å². The standard InChI is InChI=1S/C21H26F2N6O4/c1-2-7-25-21(32)28(16-11-27-8-5-12(16)6-9-27)13-3-4-14-15(10-13)29(19(22)23)26-17(14)18(30)33-20(24)31/h3-4,10,12,16,19H,2,5-9,11H2,1H3,(H2,24,31)(H,25,32)/t16-/m1/s1. The van der Waals surface area contributed by atoms with Crippen LogP contribution in [0.3, 0.4) is 0 Å². The summed E-state index contributed by atoms with van der Waals surface area (Å²) >= 11 is 0. The van der Waals surface area contributed by atoms with Gasteiger partial charge in [-0.3, -0.25) is 4.90 Å². The maximum atomic E-state index is 13.7. The van der Waals surface area contributed by atoms with Crippen LogP contribution in [0.1, 0.15) is 43.2 Å². The number of alkyl halides is 2. The van der Waals surface area contributed by atoms with Gasteiger partial charge in [0, 0.05) is 24.2 Å². The number of halogens is 2. The first kappa shape index (κ1) is 22.9. The lowest BCUT2D eigenvalue weighted by atomic mass is 9.83. The fraction of sp³-hybridized carbons (Fsp3) is 0.524. The molecule has 12 heteroatoms. The lowest BCUT2D eigenvalue weighted by Crippen LogP contribution is -2.60. The average molecular weight is 464 g/mol. The average Bonchev–Trinajstić information content (AvgIpc) is 3.18. The molecule has 2 bridgehead atoms. The number of esters is 1. The number of ether oxygens (including phenoxy) is 1. The number of rotatable bonds is 6. The van der Waals surface area contributed by atoms with Gasteiger partial charge in [-0.1, -0.05) is 6.92 Å². The number of hydrogen-bond donors (Lipinski definition) is 2. The summed E-state index contributed by atoms with van der Waals surface area (Å²) in [4.78, 5) is 40.2.